The highest BCUT2D eigenvalue weighted by Gasteiger charge is 2.34. The third kappa shape index (κ3) is 2.20. The lowest BCUT2D eigenvalue weighted by atomic mass is 10.1. The highest BCUT2D eigenvalue weighted by molar-refractivity contribution is 5.98. The van der Waals surface area contributed by atoms with Crippen molar-refractivity contribution in [1.82, 2.24) is 15.1 Å². The average molecular weight is 264 g/mol. The van der Waals surface area contributed by atoms with Crippen LogP contribution in [0.1, 0.15) is 48.8 Å². The van der Waals surface area contributed by atoms with Crippen molar-refractivity contribution < 1.29 is 9.53 Å². The predicted octanol–water partition coefficient (Wildman–Crippen LogP) is 1.12. The van der Waals surface area contributed by atoms with Crippen molar-refractivity contribution in [2.24, 2.45) is 0 Å². The SMILES string of the molecule is CC1CN(C(=O)c2n[nH]c(C3CC3)c2N)C(C)CO1. The number of nitrogens with two attached hydrogens (primary N) is 1. The lowest BCUT2D eigenvalue weighted by Gasteiger charge is -2.36. The summed E-state index contributed by atoms with van der Waals surface area (Å²) in [6, 6.07) is 0.0594. The number of aromatic nitrogens is 2. The first kappa shape index (κ1) is 12.5. The van der Waals surface area contributed by atoms with Gasteiger partial charge in [-0.2, -0.15) is 5.10 Å². The molecule has 2 aliphatic rings. The maximum absolute atomic E-state index is 12.5. The second kappa shape index (κ2) is 4.52. The van der Waals surface area contributed by atoms with Gasteiger partial charge in [0.15, 0.2) is 5.69 Å². The minimum atomic E-state index is -0.0942. The van der Waals surface area contributed by atoms with Crippen LogP contribution in [-0.2, 0) is 4.74 Å². The number of carbonyl (C=O) groups excluding carboxylic acids is 1. The standard InChI is InChI=1S/C13H20N4O2/c1-7-6-19-8(2)5-17(7)13(18)12-10(14)11(15-16-12)9-3-4-9/h7-9H,3-6,14H2,1-2H3,(H,15,16). The van der Waals surface area contributed by atoms with Crippen LogP contribution < -0.4 is 5.73 Å². The van der Waals surface area contributed by atoms with Crippen LogP contribution in [0.3, 0.4) is 0 Å². The number of aromatic amines is 1. The van der Waals surface area contributed by atoms with E-state index in [2.05, 4.69) is 10.2 Å². The molecule has 0 radical (unpaired) electrons. The van der Waals surface area contributed by atoms with Gasteiger partial charge in [-0.1, -0.05) is 0 Å². The number of rotatable bonds is 2. The fraction of sp³-hybridized carbons (Fsp3) is 0.692. The Morgan fingerprint density at radius 1 is 1.47 bits per heavy atom. The quantitative estimate of drug-likeness (QED) is 0.838. The number of anilines is 1. The van der Waals surface area contributed by atoms with Gasteiger partial charge < -0.3 is 15.4 Å². The van der Waals surface area contributed by atoms with Crippen molar-refractivity contribution in [3.63, 3.8) is 0 Å². The van der Waals surface area contributed by atoms with E-state index in [4.69, 9.17) is 10.5 Å². The van der Waals surface area contributed by atoms with Crippen LogP contribution in [0.5, 0.6) is 0 Å². The van der Waals surface area contributed by atoms with E-state index in [1.807, 2.05) is 13.8 Å². The molecule has 1 amide bonds. The van der Waals surface area contributed by atoms with E-state index < -0.39 is 0 Å². The number of carbonyl (C=O) groups is 1. The molecule has 2 heterocycles. The topological polar surface area (TPSA) is 84.2 Å². The highest BCUT2D eigenvalue weighted by atomic mass is 16.5. The second-order valence-corrected chi connectivity index (χ2v) is 5.62. The molecule has 2 fully saturated rings. The zero-order chi connectivity index (χ0) is 13.6. The van der Waals surface area contributed by atoms with Crippen molar-refractivity contribution in [3.05, 3.63) is 11.4 Å². The van der Waals surface area contributed by atoms with Crippen LogP contribution in [0.25, 0.3) is 0 Å². The molecule has 1 saturated heterocycles. The third-order valence-electron chi connectivity index (χ3n) is 3.89. The number of nitrogens with zero attached hydrogens (tertiary/aromatic N) is 2. The molecule has 1 aromatic rings. The Kier molecular flexibility index (Phi) is 2.97. The monoisotopic (exact) mass is 264 g/mol. The number of amides is 1. The van der Waals surface area contributed by atoms with E-state index in [0.717, 1.165) is 18.5 Å². The Bertz CT molecular complexity index is 495. The van der Waals surface area contributed by atoms with Crippen LogP contribution in [0.4, 0.5) is 5.69 Å². The van der Waals surface area contributed by atoms with Gasteiger partial charge in [0, 0.05) is 12.5 Å². The summed E-state index contributed by atoms with van der Waals surface area (Å²) in [6.45, 7) is 5.10. The number of H-pyrrole nitrogens is 1. The average Bonchev–Trinajstić information content (AvgIpc) is 3.15. The van der Waals surface area contributed by atoms with Gasteiger partial charge in [0.05, 0.1) is 30.1 Å². The summed E-state index contributed by atoms with van der Waals surface area (Å²) < 4.78 is 5.54. The fourth-order valence-corrected chi connectivity index (χ4v) is 2.53. The van der Waals surface area contributed by atoms with Gasteiger partial charge >= 0.3 is 0 Å². The van der Waals surface area contributed by atoms with Gasteiger partial charge in [0.1, 0.15) is 0 Å². The van der Waals surface area contributed by atoms with E-state index >= 15 is 0 Å². The summed E-state index contributed by atoms with van der Waals surface area (Å²) in [7, 11) is 0. The molecule has 1 saturated carbocycles. The van der Waals surface area contributed by atoms with Gasteiger partial charge in [0.2, 0.25) is 0 Å². The Morgan fingerprint density at radius 3 is 2.89 bits per heavy atom. The van der Waals surface area contributed by atoms with E-state index in [-0.39, 0.29) is 18.1 Å². The maximum Gasteiger partial charge on any atom is 0.276 e. The molecular formula is C13H20N4O2. The molecule has 0 aromatic carbocycles. The Morgan fingerprint density at radius 2 is 2.21 bits per heavy atom. The summed E-state index contributed by atoms with van der Waals surface area (Å²) >= 11 is 0. The van der Waals surface area contributed by atoms with E-state index in [1.165, 1.54) is 0 Å². The minimum absolute atomic E-state index is 0.0585. The molecule has 1 aliphatic heterocycles. The summed E-state index contributed by atoms with van der Waals surface area (Å²) in [5.74, 6) is 0.374. The first-order valence-electron chi connectivity index (χ1n) is 6.84. The molecule has 2 atom stereocenters. The second-order valence-electron chi connectivity index (χ2n) is 5.62. The Balaban J connectivity index is 1.82. The summed E-state index contributed by atoms with van der Waals surface area (Å²) in [5, 5.41) is 7.06. The Hall–Kier alpha value is -1.56. The van der Waals surface area contributed by atoms with Crippen LogP contribution >= 0.6 is 0 Å². The van der Waals surface area contributed by atoms with E-state index in [1.54, 1.807) is 4.90 Å². The van der Waals surface area contributed by atoms with Crippen LogP contribution in [0.15, 0.2) is 0 Å². The molecule has 6 heteroatoms. The number of hydrogen-bond donors (Lipinski definition) is 2. The van der Waals surface area contributed by atoms with Gasteiger partial charge in [-0.25, -0.2) is 0 Å². The number of nitrogens with one attached hydrogen (secondary N) is 1. The van der Waals surface area contributed by atoms with Crippen molar-refractivity contribution in [3.8, 4) is 0 Å². The highest BCUT2D eigenvalue weighted by Crippen LogP contribution is 2.42. The van der Waals surface area contributed by atoms with E-state index in [9.17, 15) is 4.79 Å². The third-order valence-corrected chi connectivity index (χ3v) is 3.89. The zero-order valence-corrected chi connectivity index (χ0v) is 11.3. The molecule has 104 valence electrons. The molecule has 0 spiro atoms. The predicted molar refractivity (Wildman–Crippen MR) is 70.9 cm³/mol. The maximum atomic E-state index is 12.5. The van der Waals surface area contributed by atoms with Gasteiger partial charge in [-0.05, 0) is 26.7 Å². The zero-order valence-electron chi connectivity index (χ0n) is 11.3. The van der Waals surface area contributed by atoms with Crippen molar-refractivity contribution in [2.75, 3.05) is 18.9 Å². The fourth-order valence-electron chi connectivity index (χ4n) is 2.53. The molecule has 6 nitrogen and oxygen atoms in total. The number of ether oxygens (including phenoxy) is 1. The van der Waals surface area contributed by atoms with Gasteiger partial charge in [-0.3, -0.25) is 9.89 Å². The van der Waals surface area contributed by atoms with Crippen LogP contribution in [0.2, 0.25) is 0 Å². The molecule has 1 aliphatic carbocycles. The normalized spacial score (nSPS) is 27.6. The smallest absolute Gasteiger partial charge is 0.276 e. The van der Waals surface area contributed by atoms with Crippen molar-refractivity contribution in [1.29, 1.82) is 0 Å². The molecular weight excluding hydrogens is 244 g/mol. The van der Waals surface area contributed by atoms with Crippen molar-refractivity contribution in [2.45, 2.75) is 44.8 Å². The number of nitrogen functional groups attached to an aromatic ring is 1. The first-order chi connectivity index (χ1) is 9.08. The summed E-state index contributed by atoms with van der Waals surface area (Å²) in [5.41, 5.74) is 7.88. The molecule has 3 N–H and O–H groups in total. The van der Waals surface area contributed by atoms with Gasteiger partial charge in [-0.15, -0.1) is 0 Å². The lowest BCUT2D eigenvalue weighted by molar-refractivity contribution is -0.0388. The molecule has 19 heavy (non-hydrogen) atoms. The first-order valence-corrected chi connectivity index (χ1v) is 6.84. The number of hydrogen-bond acceptors (Lipinski definition) is 4. The largest absolute Gasteiger partial charge is 0.395 e. The van der Waals surface area contributed by atoms with Crippen LogP contribution in [-0.4, -0.2) is 46.3 Å². The van der Waals surface area contributed by atoms with Crippen molar-refractivity contribution >= 4 is 11.6 Å². The molecule has 1 aromatic heterocycles. The molecule has 3 rings (SSSR count). The number of morpholine rings is 1. The summed E-state index contributed by atoms with van der Waals surface area (Å²) in [4.78, 5) is 14.3. The molecule has 0 bridgehead atoms. The summed E-state index contributed by atoms with van der Waals surface area (Å²) in [6.07, 6.45) is 2.32. The van der Waals surface area contributed by atoms with Gasteiger partial charge in [0.25, 0.3) is 5.91 Å². The van der Waals surface area contributed by atoms with E-state index in [0.29, 0.717) is 30.5 Å². The molecule has 2 unspecified atom stereocenters. The minimum Gasteiger partial charge on any atom is -0.395 e. The lowest BCUT2D eigenvalue weighted by Crippen LogP contribution is -2.50. The Labute approximate surface area is 112 Å². The van der Waals surface area contributed by atoms with Crippen LogP contribution in [0, 0.1) is 0 Å².